The van der Waals surface area contributed by atoms with Gasteiger partial charge in [-0.15, -0.1) is 11.8 Å². The zero-order valence-electron chi connectivity index (χ0n) is 9.70. The van der Waals surface area contributed by atoms with E-state index in [1.807, 2.05) is 18.2 Å². The normalized spacial score (nSPS) is 10.5. The highest BCUT2D eigenvalue weighted by Gasteiger charge is 2.16. The topological polar surface area (TPSA) is 17.1 Å². The standard InChI is InChI=1S/C14H9Cl2FOS/c15-9-4-1-2-7-13(9)19-8-12(18)14-10(16)5-3-6-11(14)17/h1-7H,8H2. The Labute approximate surface area is 124 Å². The molecule has 2 aromatic rings. The molecule has 5 heteroatoms. The predicted molar refractivity (Wildman–Crippen MR) is 77.9 cm³/mol. The zero-order valence-corrected chi connectivity index (χ0v) is 12.0. The summed E-state index contributed by atoms with van der Waals surface area (Å²) in [5.41, 5.74) is -0.0660. The van der Waals surface area contributed by atoms with Crippen LogP contribution in [0.3, 0.4) is 0 Å². The average molecular weight is 315 g/mol. The minimum Gasteiger partial charge on any atom is -0.293 e. The maximum absolute atomic E-state index is 13.6. The first kappa shape index (κ1) is 14.4. The molecule has 0 unspecified atom stereocenters. The molecule has 0 aliphatic heterocycles. The molecule has 0 saturated carbocycles. The lowest BCUT2D eigenvalue weighted by Crippen LogP contribution is -2.06. The Balaban J connectivity index is 2.13. The SMILES string of the molecule is O=C(CSc1ccccc1Cl)c1c(F)cccc1Cl. The quantitative estimate of drug-likeness (QED) is 0.576. The number of hydrogen-bond acceptors (Lipinski definition) is 2. The summed E-state index contributed by atoms with van der Waals surface area (Å²) in [7, 11) is 0. The van der Waals surface area contributed by atoms with E-state index in [0.29, 0.717) is 5.02 Å². The molecule has 2 rings (SSSR count). The van der Waals surface area contributed by atoms with Crippen molar-refractivity contribution in [1.82, 2.24) is 0 Å². The van der Waals surface area contributed by atoms with Gasteiger partial charge in [0.05, 0.1) is 21.4 Å². The summed E-state index contributed by atoms with van der Waals surface area (Å²) in [4.78, 5) is 12.8. The van der Waals surface area contributed by atoms with Gasteiger partial charge in [0.25, 0.3) is 0 Å². The van der Waals surface area contributed by atoms with E-state index >= 15 is 0 Å². The smallest absolute Gasteiger partial charge is 0.177 e. The van der Waals surface area contributed by atoms with Gasteiger partial charge in [-0.2, -0.15) is 0 Å². The molecule has 0 aliphatic rings. The molecule has 0 N–H and O–H groups in total. The summed E-state index contributed by atoms with van der Waals surface area (Å²) >= 11 is 13.1. The van der Waals surface area contributed by atoms with Crippen LogP contribution in [0.1, 0.15) is 10.4 Å². The van der Waals surface area contributed by atoms with Crippen LogP contribution in [0.15, 0.2) is 47.4 Å². The van der Waals surface area contributed by atoms with Crippen LogP contribution in [0.4, 0.5) is 4.39 Å². The van der Waals surface area contributed by atoms with Crippen LogP contribution in [-0.4, -0.2) is 11.5 Å². The molecule has 0 radical (unpaired) electrons. The van der Waals surface area contributed by atoms with E-state index in [1.54, 1.807) is 6.07 Å². The summed E-state index contributed by atoms with van der Waals surface area (Å²) in [5.74, 6) is -0.866. The van der Waals surface area contributed by atoms with E-state index in [2.05, 4.69) is 0 Å². The van der Waals surface area contributed by atoms with Crippen LogP contribution >= 0.6 is 35.0 Å². The van der Waals surface area contributed by atoms with Crippen molar-refractivity contribution in [1.29, 1.82) is 0 Å². The van der Waals surface area contributed by atoms with Crippen LogP contribution in [0, 0.1) is 5.82 Å². The van der Waals surface area contributed by atoms with Gasteiger partial charge in [0.1, 0.15) is 5.82 Å². The molecule has 1 nitrogen and oxygen atoms in total. The van der Waals surface area contributed by atoms with Crippen molar-refractivity contribution >= 4 is 40.7 Å². The summed E-state index contributed by atoms with van der Waals surface area (Å²) in [6, 6.07) is 11.4. The Morgan fingerprint density at radius 2 is 1.74 bits per heavy atom. The maximum atomic E-state index is 13.6. The van der Waals surface area contributed by atoms with Gasteiger partial charge >= 0.3 is 0 Å². The van der Waals surface area contributed by atoms with Gasteiger partial charge in [0.15, 0.2) is 5.78 Å². The Morgan fingerprint density at radius 1 is 1.05 bits per heavy atom. The lowest BCUT2D eigenvalue weighted by molar-refractivity contribution is 0.101. The molecule has 0 aliphatic carbocycles. The second-order valence-corrected chi connectivity index (χ2v) is 5.57. The molecular formula is C14H9Cl2FOS. The van der Waals surface area contributed by atoms with E-state index in [4.69, 9.17) is 23.2 Å². The van der Waals surface area contributed by atoms with Crippen LogP contribution in [0.2, 0.25) is 10.0 Å². The first-order valence-corrected chi connectivity index (χ1v) is 7.18. The van der Waals surface area contributed by atoms with Crippen molar-refractivity contribution < 1.29 is 9.18 Å². The van der Waals surface area contributed by atoms with Crippen LogP contribution in [-0.2, 0) is 0 Å². The van der Waals surface area contributed by atoms with Gasteiger partial charge in [-0.25, -0.2) is 4.39 Å². The van der Waals surface area contributed by atoms with Gasteiger partial charge in [0, 0.05) is 4.90 Å². The summed E-state index contributed by atoms with van der Waals surface area (Å²) < 4.78 is 13.6. The summed E-state index contributed by atoms with van der Waals surface area (Å²) in [6.07, 6.45) is 0. The number of hydrogen-bond donors (Lipinski definition) is 0. The largest absolute Gasteiger partial charge is 0.293 e. The number of halogens is 3. The third-order valence-corrected chi connectivity index (χ3v) is 4.27. The lowest BCUT2D eigenvalue weighted by atomic mass is 10.1. The van der Waals surface area contributed by atoms with Gasteiger partial charge in [-0.05, 0) is 24.3 Å². The zero-order chi connectivity index (χ0) is 13.8. The van der Waals surface area contributed by atoms with Crippen molar-refractivity contribution in [3.05, 3.63) is 63.9 Å². The van der Waals surface area contributed by atoms with E-state index in [-0.39, 0.29) is 22.1 Å². The molecular weight excluding hydrogens is 306 g/mol. The molecule has 0 bridgehead atoms. The Morgan fingerprint density at radius 3 is 2.42 bits per heavy atom. The van der Waals surface area contributed by atoms with E-state index < -0.39 is 5.82 Å². The fourth-order valence-corrected chi connectivity index (χ4v) is 2.92. The average Bonchev–Trinajstić information content (AvgIpc) is 2.37. The van der Waals surface area contributed by atoms with Crippen LogP contribution < -0.4 is 0 Å². The highest BCUT2D eigenvalue weighted by molar-refractivity contribution is 8.00. The molecule has 2 aromatic carbocycles. The van der Waals surface area contributed by atoms with Crippen molar-refractivity contribution in [3.8, 4) is 0 Å². The first-order valence-electron chi connectivity index (χ1n) is 5.44. The Kier molecular flexibility index (Phi) is 4.86. The van der Waals surface area contributed by atoms with Gasteiger partial charge < -0.3 is 0 Å². The summed E-state index contributed by atoms with van der Waals surface area (Å²) in [5, 5.41) is 0.699. The van der Waals surface area contributed by atoms with Crippen LogP contribution in [0.5, 0.6) is 0 Å². The van der Waals surface area contributed by atoms with Crippen molar-refractivity contribution in [2.24, 2.45) is 0 Å². The minimum atomic E-state index is -0.600. The highest BCUT2D eigenvalue weighted by atomic mass is 35.5. The lowest BCUT2D eigenvalue weighted by Gasteiger charge is -2.06. The van der Waals surface area contributed by atoms with Crippen LogP contribution in [0.25, 0.3) is 0 Å². The number of carbonyl (C=O) groups is 1. The fourth-order valence-electron chi connectivity index (χ4n) is 1.54. The predicted octanol–water partition coefficient (Wildman–Crippen LogP) is 5.11. The summed E-state index contributed by atoms with van der Waals surface area (Å²) in [6.45, 7) is 0. The molecule has 0 atom stereocenters. The number of thioether (sulfide) groups is 1. The molecule has 0 heterocycles. The molecule has 19 heavy (non-hydrogen) atoms. The fraction of sp³-hybridized carbons (Fsp3) is 0.0714. The van der Waals surface area contributed by atoms with Crippen molar-refractivity contribution in [2.45, 2.75) is 4.90 Å². The van der Waals surface area contributed by atoms with Crippen molar-refractivity contribution in [2.75, 3.05) is 5.75 Å². The van der Waals surface area contributed by atoms with Gasteiger partial charge in [-0.3, -0.25) is 4.79 Å². The monoisotopic (exact) mass is 314 g/mol. The Hall–Kier alpha value is -1.03. The van der Waals surface area contributed by atoms with Gasteiger partial charge in [0.2, 0.25) is 0 Å². The number of Topliss-reactive ketones (excluding diaryl/α,β-unsaturated/α-hetero) is 1. The third-order valence-electron chi connectivity index (χ3n) is 2.44. The number of ketones is 1. The Bertz CT molecular complexity index is 596. The first-order chi connectivity index (χ1) is 9.09. The van der Waals surface area contributed by atoms with E-state index in [0.717, 1.165) is 4.90 Å². The number of carbonyl (C=O) groups excluding carboxylic acids is 1. The molecule has 98 valence electrons. The molecule has 0 aromatic heterocycles. The highest BCUT2D eigenvalue weighted by Crippen LogP contribution is 2.28. The second kappa shape index (κ2) is 6.42. The van der Waals surface area contributed by atoms with Crippen molar-refractivity contribution in [3.63, 3.8) is 0 Å². The minimum absolute atomic E-state index is 0.0660. The van der Waals surface area contributed by atoms with Gasteiger partial charge in [-0.1, -0.05) is 41.4 Å². The third kappa shape index (κ3) is 3.50. The van der Waals surface area contributed by atoms with E-state index in [1.165, 1.54) is 30.0 Å². The molecule has 0 amide bonds. The molecule has 0 saturated heterocycles. The maximum Gasteiger partial charge on any atom is 0.177 e. The number of benzene rings is 2. The molecule has 0 spiro atoms. The second-order valence-electron chi connectivity index (χ2n) is 3.74. The van der Waals surface area contributed by atoms with E-state index in [9.17, 15) is 9.18 Å². The molecule has 0 fully saturated rings. The number of rotatable bonds is 4.